The van der Waals surface area contributed by atoms with Crippen molar-refractivity contribution < 1.29 is 4.79 Å². The summed E-state index contributed by atoms with van der Waals surface area (Å²) >= 11 is 1.46. The minimum atomic E-state index is -0.0357. The van der Waals surface area contributed by atoms with Gasteiger partial charge in [0.1, 0.15) is 0 Å². The highest BCUT2D eigenvalue weighted by Crippen LogP contribution is 2.28. The van der Waals surface area contributed by atoms with Crippen LogP contribution in [0.1, 0.15) is 5.56 Å². The van der Waals surface area contributed by atoms with Crippen LogP contribution in [-0.2, 0) is 11.2 Å². The van der Waals surface area contributed by atoms with Gasteiger partial charge in [-0.25, -0.2) is 9.67 Å². The number of anilines is 1. The van der Waals surface area contributed by atoms with Crippen molar-refractivity contribution in [3.05, 3.63) is 96.7 Å². The molecule has 0 unspecified atom stereocenters. The molecule has 0 aliphatic carbocycles. The molecular weight excluding hydrogens is 380 g/mol. The summed E-state index contributed by atoms with van der Waals surface area (Å²) in [4.78, 5) is 19.3. The van der Waals surface area contributed by atoms with Gasteiger partial charge in [0, 0.05) is 23.7 Å². The molecule has 0 aliphatic heterocycles. The lowest BCUT2D eigenvalue weighted by molar-refractivity contribution is -0.117. The van der Waals surface area contributed by atoms with Gasteiger partial charge in [0.05, 0.1) is 24.0 Å². The van der Waals surface area contributed by atoms with Gasteiger partial charge in [-0.2, -0.15) is 5.10 Å². The fourth-order valence-corrected chi connectivity index (χ4v) is 3.85. The van der Waals surface area contributed by atoms with Gasteiger partial charge in [-0.1, -0.05) is 54.6 Å². The predicted molar refractivity (Wildman–Crippen MR) is 117 cm³/mol. The summed E-state index contributed by atoms with van der Waals surface area (Å²) < 4.78 is 1.78. The molecule has 1 amide bonds. The third-order valence-corrected chi connectivity index (χ3v) is 5.28. The molecule has 4 aromatic rings. The Hall–Kier alpha value is -3.51. The first-order valence-electron chi connectivity index (χ1n) is 9.26. The van der Waals surface area contributed by atoms with E-state index < -0.39 is 0 Å². The van der Waals surface area contributed by atoms with Gasteiger partial charge in [-0.15, -0.1) is 17.9 Å². The van der Waals surface area contributed by atoms with Crippen LogP contribution in [0.2, 0.25) is 0 Å². The van der Waals surface area contributed by atoms with Crippen molar-refractivity contribution in [2.45, 2.75) is 6.42 Å². The smallest absolute Gasteiger partial charge is 0.233 e. The van der Waals surface area contributed by atoms with E-state index in [1.807, 2.05) is 72.2 Å². The normalized spacial score (nSPS) is 10.6. The lowest BCUT2D eigenvalue weighted by atomic mass is 10.2. The second-order valence-corrected chi connectivity index (χ2v) is 7.32. The van der Waals surface area contributed by atoms with Crippen molar-refractivity contribution in [1.82, 2.24) is 14.8 Å². The minimum Gasteiger partial charge on any atom is -0.284 e. The van der Waals surface area contributed by atoms with E-state index in [2.05, 4.69) is 16.7 Å². The van der Waals surface area contributed by atoms with Crippen LogP contribution in [0.4, 0.5) is 5.13 Å². The summed E-state index contributed by atoms with van der Waals surface area (Å²) in [5.74, 6) is -0.0357. The number of carbonyl (C=O) groups is 1. The van der Waals surface area contributed by atoms with Gasteiger partial charge < -0.3 is 0 Å². The zero-order valence-electron chi connectivity index (χ0n) is 15.8. The number of amides is 1. The first-order valence-corrected chi connectivity index (χ1v) is 10.1. The Kier molecular flexibility index (Phi) is 5.63. The van der Waals surface area contributed by atoms with Gasteiger partial charge in [-0.05, 0) is 17.7 Å². The average molecular weight is 401 g/mol. The van der Waals surface area contributed by atoms with E-state index in [-0.39, 0.29) is 12.3 Å². The Morgan fingerprint density at radius 1 is 1.10 bits per heavy atom. The quantitative estimate of drug-likeness (QED) is 0.420. The van der Waals surface area contributed by atoms with Crippen LogP contribution in [0.25, 0.3) is 16.9 Å². The molecule has 2 aromatic heterocycles. The summed E-state index contributed by atoms with van der Waals surface area (Å²) in [5.41, 5.74) is 3.71. The molecule has 0 spiro atoms. The topological polar surface area (TPSA) is 51.0 Å². The van der Waals surface area contributed by atoms with E-state index in [4.69, 9.17) is 0 Å². The molecule has 2 aromatic carbocycles. The van der Waals surface area contributed by atoms with Gasteiger partial charge >= 0.3 is 0 Å². The first kappa shape index (κ1) is 18.8. The number of benzene rings is 2. The number of thiazole rings is 1. The Morgan fingerprint density at radius 3 is 2.55 bits per heavy atom. The molecule has 2 heterocycles. The maximum atomic E-state index is 13.0. The number of hydrogen-bond donors (Lipinski definition) is 0. The fourth-order valence-electron chi connectivity index (χ4n) is 2.99. The zero-order chi connectivity index (χ0) is 20.1. The zero-order valence-corrected chi connectivity index (χ0v) is 16.6. The molecule has 0 atom stereocenters. The lowest BCUT2D eigenvalue weighted by Crippen LogP contribution is -2.32. The van der Waals surface area contributed by atoms with Crippen LogP contribution in [0, 0.1) is 0 Å². The molecule has 0 fully saturated rings. The summed E-state index contributed by atoms with van der Waals surface area (Å²) in [6.07, 6.45) is 5.58. The standard InChI is InChI=1S/C23H20N4OS/c1-2-13-26(23-25-21(17-29-23)19-9-5-3-6-10-19)22(28)14-18-15-24-27(16-18)20-11-7-4-8-12-20/h2-12,15-17H,1,13-14H2. The molecule has 0 saturated heterocycles. The van der Waals surface area contributed by atoms with Gasteiger partial charge in [0.25, 0.3) is 0 Å². The number of carbonyl (C=O) groups excluding carboxylic acids is 1. The summed E-state index contributed by atoms with van der Waals surface area (Å²) in [6, 6.07) is 19.8. The van der Waals surface area contributed by atoms with E-state index in [1.54, 1.807) is 21.9 Å². The Bertz CT molecular complexity index is 1100. The molecular formula is C23H20N4OS. The third kappa shape index (κ3) is 4.33. The van der Waals surface area contributed by atoms with Gasteiger partial charge in [0.15, 0.2) is 5.13 Å². The second kappa shape index (κ2) is 8.67. The third-order valence-electron chi connectivity index (χ3n) is 4.42. The van der Waals surface area contributed by atoms with E-state index >= 15 is 0 Å². The van der Waals surface area contributed by atoms with Crippen molar-refractivity contribution in [2.24, 2.45) is 0 Å². The van der Waals surface area contributed by atoms with Crippen LogP contribution >= 0.6 is 11.3 Å². The molecule has 0 saturated carbocycles. The van der Waals surface area contributed by atoms with Crippen LogP contribution in [-0.4, -0.2) is 27.2 Å². The molecule has 144 valence electrons. The number of aromatic nitrogens is 3. The van der Waals surface area contributed by atoms with E-state index in [9.17, 15) is 4.79 Å². The maximum absolute atomic E-state index is 13.0. The Labute approximate surface area is 173 Å². The van der Waals surface area contributed by atoms with E-state index in [0.717, 1.165) is 22.5 Å². The largest absolute Gasteiger partial charge is 0.284 e. The maximum Gasteiger partial charge on any atom is 0.233 e. The number of hydrogen-bond acceptors (Lipinski definition) is 4. The van der Waals surface area contributed by atoms with E-state index in [1.165, 1.54) is 11.3 Å². The van der Waals surface area contributed by atoms with Crippen molar-refractivity contribution in [3.8, 4) is 16.9 Å². The highest BCUT2D eigenvalue weighted by atomic mass is 32.1. The van der Waals surface area contributed by atoms with Gasteiger partial charge in [-0.3, -0.25) is 9.69 Å². The van der Waals surface area contributed by atoms with Crippen molar-refractivity contribution >= 4 is 22.4 Å². The van der Waals surface area contributed by atoms with Crippen molar-refractivity contribution in [3.63, 3.8) is 0 Å². The summed E-state index contributed by atoms with van der Waals surface area (Å²) in [7, 11) is 0. The fraction of sp³-hybridized carbons (Fsp3) is 0.0870. The molecule has 29 heavy (non-hydrogen) atoms. The van der Waals surface area contributed by atoms with Crippen LogP contribution < -0.4 is 4.90 Å². The molecule has 0 aliphatic rings. The highest BCUT2D eigenvalue weighted by molar-refractivity contribution is 7.14. The second-order valence-electron chi connectivity index (χ2n) is 6.48. The number of rotatable bonds is 7. The monoisotopic (exact) mass is 400 g/mol. The van der Waals surface area contributed by atoms with Crippen molar-refractivity contribution in [2.75, 3.05) is 11.4 Å². The molecule has 0 bridgehead atoms. The minimum absolute atomic E-state index is 0.0357. The molecule has 4 rings (SSSR count). The van der Waals surface area contributed by atoms with E-state index in [0.29, 0.717) is 11.7 Å². The van der Waals surface area contributed by atoms with Crippen LogP contribution in [0.15, 0.2) is 91.1 Å². The average Bonchev–Trinajstić information content (AvgIpc) is 3.43. The summed E-state index contributed by atoms with van der Waals surface area (Å²) in [5, 5.41) is 7.02. The predicted octanol–water partition coefficient (Wildman–Crippen LogP) is 4.76. The van der Waals surface area contributed by atoms with Gasteiger partial charge in [0.2, 0.25) is 5.91 Å². The molecule has 6 heteroatoms. The van der Waals surface area contributed by atoms with Crippen LogP contribution in [0.5, 0.6) is 0 Å². The Morgan fingerprint density at radius 2 is 1.83 bits per heavy atom. The van der Waals surface area contributed by atoms with Crippen LogP contribution in [0.3, 0.4) is 0 Å². The number of para-hydroxylation sites is 1. The first-order chi connectivity index (χ1) is 14.2. The molecule has 5 nitrogen and oxygen atoms in total. The van der Waals surface area contributed by atoms with Crippen molar-refractivity contribution in [1.29, 1.82) is 0 Å². The number of nitrogens with zero attached hydrogens (tertiary/aromatic N) is 4. The summed E-state index contributed by atoms with van der Waals surface area (Å²) in [6.45, 7) is 4.20. The lowest BCUT2D eigenvalue weighted by Gasteiger charge is -2.17. The molecule has 0 N–H and O–H groups in total. The Balaban J connectivity index is 1.52. The SMILES string of the molecule is C=CCN(C(=O)Cc1cnn(-c2ccccc2)c1)c1nc(-c2ccccc2)cs1. The molecule has 0 radical (unpaired) electrons. The highest BCUT2D eigenvalue weighted by Gasteiger charge is 2.19.